The average molecular weight is 367 g/mol. The molecule has 0 aliphatic carbocycles. The molecule has 24 heavy (non-hydrogen) atoms. The minimum atomic E-state index is -3.74. The zero-order valence-corrected chi connectivity index (χ0v) is 15.1. The molecule has 7 heteroatoms. The molecule has 0 aromatic heterocycles. The third-order valence-corrected chi connectivity index (χ3v) is 4.70. The van der Waals surface area contributed by atoms with Gasteiger partial charge in [-0.15, -0.1) is 0 Å². The van der Waals surface area contributed by atoms with Crippen molar-refractivity contribution >= 4 is 27.3 Å². The molecule has 2 aromatic rings. The van der Waals surface area contributed by atoms with Crippen LogP contribution in [0, 0.1) is 0 Å². The van der Waals surface area contributed by atoms with E-state index in [4.69, 9.17) is 16.3 Å². The summed E-state index contributed by atoms with van der Waals surface area (Å²) in [4.78, 5) is 2.39. The van der Waals surface area contributed by atoms with Crippen molar-refractivity contribution < 1.29 is 13.2 Å². The summed E-state index contributed by atoms with van der Waals surface area (Å²) in [5.74, 6) is 0.619. The van der Waals surface area contributed by atoms with Gasteiger partial charge in [-0.1, -0.05) is 30.7 Å². The number of halogens is 1. The average Bonchev–Trinajstić information content (AvgIpc) is 2.56. The summed E-state index contributed by atoms with van der Waals surface area (Å²) in [7, 11) is -3.74. The van der Waals surface area contributed by atoms with Crippen molar-refractivity contribution in [2.75, 3.05) is 6.61 Å². The van der Waals surface area contributed by atoms with Gasteiger partial charge in [0.1, 0.15) is 5.75 Å². The van der Waals surface area contributed by atoms with Crippen LogP contribution in [-0.4, -0.2) is 20.7 Å². The highest BCUT2D eigenvalue weighted by molar-refractivity contribution is 7.89. The lowest BCUT2D eigenvalue weighted by atomic mass is 10.1. The number of benzene rings is 2. The molecule has 0 atom stereocenters. The number of hydrazone groups is 1. The monoisotopic (exact) mass is 366 g/mol. The van der Waals surface area contributed by atoms with Gasteiger partial charge in [0, 0.05) is 5.02 Å². The number of sulfonamides is 1. The van der Waals surface area contributed by atoms with Gasteiger partial charge in [0.25, 0.3) is 10.0 Å². The van der Waals surface area contributed by atoms with Gasteiger partial charge in [0.15, 0.2) is 0 Å². The Morgan fingerprint density at radius 3 is 2.46 bits per heavy atom. The molecule has 0 aliphatic rings. The Balaban J connectivity index is 2.21. The molecule has 2 aromatic carbocycles. The van der Waals surface area contributed by atoms with Crippen LogP contribution in [0.4, 0.5) is 0 Å². The number of rotatable bonds is 7. The second kappa shape index (κ2) is 8.17. The van der Waals surface area contributed by atoms with Crippen molar-refractivity contribution in [3.63, 3.8) is 0 Å². The van der Waals surface area contributed by atoms with Crippen LogP contribution in [-0.2, 0) is 10.0 Å². The third kappa shape index (κ3) is 4.72. The van der Waals surface area contributed by atoms with Gasteiger partial charge in [-0.2, -0.15) is 18.4 Å². The van der Waals surface area contributed by atoms with Crippen molar-refractivity contribution in [1.82, 2.24) is 4.83 Å². The standard InChI is InChI=1S/C17H19ClN2O3S/c1-3-17(13-6-5-7-14(18)12-13)19-20-24(21,22)16-10-8-15(9-11-16)23-4-2/h5-12,20H,3-4H2,1-2H3/b19-17+. The van der Waals surface area contributed by atoms with E-state index in [1.54, 1.807) is 30.3 Å². The largest absolute Gasteiger partial charge is 0.494 e. The first kappa shape index (κ1) is 18.3. The van der Waals surface area contributed by atoms with Gasteiger partial charge in [0.05, 0.1) is 17.2 Å². The van der Waals surface area contributed by atoms with E-state index in [1.165, 1.54) is 12.1 Å². The first-order valence-corrected chi connectivity index (χ1v) is 9.39. The van der Waals surface area contributed by atoms with Gasteiger partial charge in [-0.25, -0.2) is 0 Å². The maximum absolute atomic E-state index is 12.3. The van der Waals surface area contributed by atoms with E-state index in [1.807, 2.05) is 19.9 Å². The van der Waals surface area contributed by atoms with Crippen molar-refractivity contribution in [3.05, 3.63) is 59.1 Å². The van der Waals surface area contributed by atoms with Crippen LogP contribution in [0.1, 0.15) is 25.8 Å². The van der Waals surface area contributed by atoms with E-state index in [0.717, 1.165) is 5.56 Å². The van der Waals surface area contributed by atoms with Crippen molar-refractivity contribution in [3.8, 4) is 5.75 Å². The summed E-state index contributed by atoms with van der Waals surface area (Å²) in [6.07, 6.45) is 0.562. The second-order valence-electron chi connectivity index (χ2n) is 4.92. The number of hydrogen-bond donors (Lipinski definition) is 1. The molecule has 1 N–H and O–H groups in total. The second-order valence-corrected chi connectivity index (χ2v) is 7.02. The predicted octanol–water partition coefficient (Wildman–Crippen LogP) is 3.83. The molecule has 128 valence electrons. The van der Waals surface area contributed by atoms with Crippen molar-refractivity contribution in [1.29, 1.82) is 0 Å². The minimum absolute atomic E-state index is 0.122. The molecule has 0 bridgehead atoms. The molecular weight excluding hydrogens is 348 g/mol. The van der Waals surface area contributed by atoms with Crippen molar-refractivity contribution in [2.24, 2.45) is 5.10 Å². The normalized spacial score (nSPS) is 12.0. The quantitative estimate of drug-likeness (QED) is 0.598. The van der Waals surface area contributed by atoms with Crippen LogP contribution < -0.4 is 9.57 Å². The van der Waals surface area contributed by atoms with Crippen LogP contribution in [0.3, 0.4) is 0 Å². The molecule has 0 spiro atoms. The Labute approximate surface area is 147 Å². The van der Waals surface area contributed by atoms with Crippen LogP contribution in [0.5, 0.6) is 5.75 Å². The zero-order chi connectivity index (χ0) is 17.6. The fourth-order valence-corrected chi connectivity index (χ4v) is 3.09. The Bertz CT molecular complexity index is 818. The molecule has 5 nitrogen and oxygen atoms in total. The predicted molar refractivity (Wildman–Crippen MR) is 96.2 cm³/mol. The van der Waals surface area contributed by atoms with E-state index in [0.29, 0.717) is 29.5 Å². The van der Waals surface area contributed by atoms with Crippen molar-refractivity contribution in [2.45, 2.75) is 25.2 Å². The topological polar surface area (TPSA) is 67.8 Å². The van der Waals surface area contributed by atoms with Gasteiger partial charge in [-0.3, -0.25) is 0 Å². The summed E-state index contributed by atoms with van der Waals surface area (Å²) in [6, 6.07) is 13.3. The lowest BCUT2D eigenvalue weighted by Gasteiger charge is -2.08. The van der Waals surface area contributed by atoms with E-state index in [2.05, 4.69) is 9.93 Å². The zero-order valence-electron chi connectivity index (χ0n) is 13.5. The fourth-order valence-electron chi connectivity index (χ4n) is 2.07. The van der Waals surface area contributed by atoms with E-state index >= 15 is 0 Å². The summed E-state index contributed by atoms with van der Waals surface area (Å²) in [5, 5.41) is 4.62. The lowest BCUT2D eigenvalue weighted by Crippen LogP contribution is -2.20. The fraction of sp³-hybridized carbons (Fsp3) is 0.235. The molecule has 0 saturated carbocycles. The summed E-state index contributed by atoms with van der Waals surface area (Å²) in [5.41, 5.74) is 1.38. The molecule has 0 fully saturated rings. The summed E-state index contributed by atoms with van der Waals surface area (Å²) in [6.45, 7) is 4.28. The third-order valence-electron chi connectivity index (χ3n) is 3.24. The van der Waals surface area contributed by atoms with Gasteiger partial charge >= 0.3 is 0 Å². The first-order valence-electron chi connectivity index (χ1n) is 7.53. The number of nitrogens with zero attached hydrogens (tertiary/aromatic N) is 1. The molecule has 0 unspecified atom stereocenters. The maximum Gasteiger partial charge on any atom is 0.276 e. The van der Waals surface area contributed by atoms with Crippen LogP contribution in [0.15, 0.2) is 58.5 Å². The number of ether oxygens (including phenoxy) is 1. The van der Waals surface area contributed by atoms with Crippen LogP contribution >= 0.6 is 11.6 Å². The van der Waals surface area contributed by atoms with Gasteiger partial charge < -0.3 is 4.74 Å². The Morgan fingerprint density at radius 2 is 1.88 bits per heavy atom. The van der Waals surface area contributed by atoms with E-state index in [-0.39, 0.29) is 4.90 Å². The molecule has 2 rings (SSSR count). The highest BCUT2D eigenvalue weighted by Gasteiger charge is 2.13. The minimum Gasteiger partial charge on any atom is -0.494 e. The van der Waals surface area contributed by atoms with Crippen LogP contribution in [0.25, 0.3) is 0 Å². The van der Waals surface area contributed by atoms with Crippen LogP contribution in [0.2, 0.25) is 5.02 Å². The molecule has 0 radical (unpaired) electrons. The Kier molecular flexibility index (Phi) is 6.23. The molecule has 0 saturated heterocycles. The summed E-state index contributed by atoms with van der Waals surface area (Å²) < 4.78 is 30.0. The Hall–Kier alpha value is -2.05. The Morgan fingerprint density at radius 1 is 1.17 bits per heavy atom. The molecule has 0 aliphatic heterocycles. The molecule has 0 amide bonds. The van der Waals surface area contributed by atoms with Gasteiger partial charge in [0.2, 0.25) is 0 Å². The smallest absolute Gasteiger partial charge is 0.276 e. The first-order chi connectivity index (χ1) is 11.5. The number of nitrogens with one attached hydrogen (secondary N) is 1. The highest BCUT2D eigenvalue weighted by Crippen LogP contribution is 2.16. The maximum atomic E-state index is 12.3. The number of hydrogen-bond acceptors (Lipinski definition) is 4. The van der Waals surface area contributed by atoms with E-state index < -0.39 is 10.0 Å². The van der Waals surface area contributed by atoms with E-state index in [9.17, 15) is 8.42 Å². The summed E-state index contributed by atoms with van der Waals surface area (Å²) >= 11 is 5.97. The lowest BCUT2D eigenvalue weighted by molar-refractivity contribution is 0.340. The van der Waals surface area contributed by atoms with Gasteiger partial charge in [-0.05, 0) is 55.3 Å². The SMILES string of the molecule is CCOc1ccc(S(=O)(=O)N/N=C(\CC)c2cccc(Cl)c2)cc1. The highest BCUT2D eigenvalue weighted by atomic mass is 35.5. The molecular formula is C17H19ClN2O3S. The molecule has 0 heterocycles.